The highest BCUT2D eigenvalue weighted by Gasteiger charge is 2.08. The van der Waals surface area contributed by atoms with Gasteiger partial charge in [0.15, 0.2) is 0 Å². The number of hydrogen-bond donors (Lipinski definition) is 0. The number of methoxy groups -OCH3 is 1. The van der Waals surface area contributed by atoms with Crippen molar-refractivity contribution in [2.75, 3.05) is 7.11 Å². The van der Waals surface area contributed by atoms with Gasteiger partial charge in [-0.3, -0.25) is 0 Å². The van der Waals surface area contributed by atoms with Crippen molar-refractivity contribution < 1.29 is 4.74 Å². The summed E-state index contributed by atoms with van der Waals surface area (Å²) in [5, 5.41) is 4.16. The van der Waals surface area contributed by atoms with Gasteiger partial charge in [0.05, 0.1) is 7.11 Å². The van der Waals surface area contributed by atoms with Crippen molar-refractivity contribution in [3.05, 3.63) is 9.26 Å². The molecule has 4 heteroatoms. The quantitative estimate of drug-likeness (QED) is 0.705. The van der Waals surface area contributed by atoms with E-state index in [1.165, 1.54) is 0 Å². The van der Waals surface area contributed by atoms with E-state index in [-0.39, 0.29) is 0 Å². The van der Waals surface area contributed by atoms with Gasteiger partial charge in [0.25, 0.3) is 0 Å². The number of halogens is 1. The number of ether oxygens (including phenoxy) is 1. The zero-order valence-corrected chi connectivity index (χ0v) is 8.34. The normalized spacial score (nSPS) is 10.0. The molecule has 0 fully saturated rings. The van der Waals surface area contributed by atoms with Crippen LogP contribution in [0.3, 0.4) is 0 Å². The van der Waals surface area contributed by atoms with Crippen LogP contribution in [0.1, 0.15) is 5.56 Å². The molecule has 0 saturated carbocycles. The smallest absolute Gasteiger partial charge is 0.215 e. The van der Waals surface area contributed by atoms with Crippen molar-refractivity contribution in [1.82, 2.24) is 9.78 Å². The maximum atomic E-state index is 5.09. The Morgan fingerprint density at radius 1 is 1.60 bits per heavy atom. The first-order valence-electron chi connectivity index (χ1n) is 2.90. The molecule has 0 aliphatic rings. The van der Waals surface area contributed by atoms with E-state index in [1.54, 1.807) is 11.8 Å². The summed E-state index contributed by atoms with van der Waals surface area (Å²) in [5.74, 6) is 0.837. The van der Waals surface area contributed by atoms with E-state index in [0.29, 0.717) is 0 Å². The first kappa shape index (κ1) is 7.84. The van der Waals surface area contributed by atoms with Crippen LogP contribution >= 0.6 is 22.6 Å². The molecule has 1 rings (SSSR count). The van der Waals surface area contributed by atoms with Crippen molar-refractivity contribution in [2.24, 2.45) is 7.05 Å². The second-order valence-electron chi connectivity index (χ2n) is 2.05. The number of aryl methyl sites for hydroxylation is 1. The zero-order chi connectivity index (χ0) is 7.72. The lowest BCUT2D eigenvalue weighted by Gasteiger charge is -1.98. The van der Waals surface area contributed by atoms with Gasteiger partial charge >= 0.3 is 0 Å². The van der Waals surface area contributed by atoms with Gasteiger partial charge in [-0.05, 0) is 29.5 Å². The van der Waals surface area contributed by atoms with Crippen molar-refractivity contribution in [1.29, 1.82) is 0 Å². The fourth-order valence-electron chi connectivity index (χ4n) is 0.868. The van der Waals surface area contributed by atoms with Crippen molar-refractivity contribution >= 4 is 22.6 Å². The summed E-state index contributed by atoms with van der Waals surface area (Å²) in [6.45, 7) is 1.99. The molecule has 0 unspecified atom stereocenters. The minimum atomic E-state index is 0.837. The summed E-state index contributed by atoms with van der Waals surface area (Å²) in [6.07, 6.45) is 0. The number of nitrogens with zero attached hydrogens (tertiary/aromatic N) is 2. The average Bonchev–Trinajstić information content (AvgIpc) is 2.09. The molecule has 0 aliphatic carbocycles. The summed E-state index contributed by atoms with van der Waals surface area (Å²) in [6, 6.07) is 0. The van der Waals surface area contributed by atoms with Crippen LogP contribution in [0.15, 0.2) is 0 Å². The molecule has 56 valence electrons. The summed E-state index contributed by atoms with van der Waals surface area (Å²) in [7, 11) is 3.52. The fraction of sp³-hybridized carbons (Fsp3) is 0.500. The third-order valence-electron chi connectivity index (χ3n) is 1.36. The van der Waals surface area contributed by atoms with Gasteiger partial charge in [0, 0.05) is 12.6 Å². The van der Waals surface area contributed by atoms with Gasteiger partial charge in [0.1, 0.15) is 3.70 Å². The molecule has 0 atom stereocenters. The third kappa shape index (κ3) is 1.12. The second-order valence-corrected chi connectivity index (χ2v) is 3.07. The molecule has 0 saturated heterocycles. The lowest BCUT2D eigenvalue weighted by atomic mass is 10.4. The molecule has 1 aromatic heterocycles. The lowest BCUT2D eigenvalue weighted by Crippen LogP contribution is -1.95. The molecule has 0 radical (unpaired) electrons. The summed E-state index contributed by atoms with van der Waals surface area (Å²) in [5.41, 5.74) is 1.10. The molecular weight excluding hydrogens is 243 g/mol. The Kier molecular flexibility index (Phi) is 2.18. The monoisotopic (exact) mass is 252 g/mol. The maximum absolute atomic E-state index is 5.09. The van der Waals surface area contributed by atoms with Crippen LogP contribution in [-0.4, -0.2) is 16.9 Å². The van der Waals surface area contributed by atoms with Crippen LogP contribution in [0.25, 0.3) is 0 Å². The van der Waals surface area contributed by atoms with Gasteiger partial charge in [-0.15, -0.1) is 0 Å². The predicted octanol–water partition coefficient (Wildman–Crippen LogP) is 1.34. The Morgan fingerprint density at radius 2 is 2.20 bits per heavy atom. The van der Waals surface area contributed by atoms with Crippen LogP contribution in [0.5, 0.6) is 5.88 Å². The van der Waals surface area contributed by atoms with E-state index < -0.39 is 0 Å². The highest BCUT2D eigenvalue weighted by Crippen LogP contribution is 2.20. The number of aromatic nitrogens is 2. The highest BCUT2D eigenvalue weighted by molar-refractivity contribution is 14.1. The molecule has 0 N–H and O–H groups in total. The van der Waals surface area contributed by atoms with Gasteiger partial charge in [-0.1, -0.05) is 0 Å². The minimum Gasteiger partial charge on any atom is -0.481 e. The average molecular weight is 252 g/mol. The van der Waals surface area contributed by atoms with Gasteiger partial charge in [-0.2, -0.15) is 5.10 Å². The van der Waals surface area contributed by atoms with E-state index in [9.17, 15) is 0 Å². The largest absolute Gasteiger partial charge is 0.481 e. The molecule has 0 bridgehead atoms. The molecule has 0 aliphatic heterocycles. The first-order chi connectivity index (χ1) is 4.66. The molecule has 0 spiro atoms. The molecule has 1 aromatic rings. The summed E-state index contributed by atoms with van der Waals surface area (Å²) < 4.78 is 7.82. The summed E-state index contributed by atoms with van der Waals surface area (Å²) >= 11 is 2.18. The van der Waals surface area contributed by atoms with E-state index >= 15 is 0 Å². The van der Waals surface area contributed by atoms with Crippen molar-refractivity contribution in [2.45, 2.75) is 6.92 Å². The third-order valence-corrected chi connectivity index (χ3v) is 2.38. The van der Waals surface area contributed by atoms with Gasteiger partial charge in [0.2, 0.25) is 5.88 Å². The van der Waals surface area contributed by atoms with Crippen LogP contribution < -0.4 is 4.74 Å². The molecule has 10 heavy (non-hydrogen) atoms. The van der Waals surface area contributed by atoms with E-state index in [1.807, 2.05) is 14.0 Å². The van der Waals surface area contributed by atoms with Gasteiger partial charge in [-0.25, -0.2) is 4.68 Å². The second kappa shape index (κ2) is 2.77. The van der Waals surface area contributed by atoms with Gasteiger partial charge < -0.3 is 4.74 Å². The topological polar surface area (TPSA) is 27.1 Å². The molecule has 0 amide bonds. The van der Waals surface area contributed by atoms with Crippen LogP contribution in [0.4, 0.5) is 0 Å². The van der Waals surface area contributed by atoms with E-state index in [4.69, 9.17) is 4.74 Å². The molecule has 3 nitrogen and oxygen atoms in total. The van der Waals surface area contributed by atoms with Crippen LogP contribution in [-0.2, 0) is 7.05 Å². The predicted molar refractivity (Wildman–Crippen MR) is 47.2 cm³/mol. The Bertz CT molecular complexity index is 244. The van der Waals surface area contributed by atoms with Crippen molar-refractivity contribution in [3.63, 3.8) is 0 Å². The highest BCUT2D eigenvalue weighted by atomic mass is 127. The maximum Gasteiger partial charge on any atom is 0.215 e. The van der Waals surface area contributed by atoms with Crippen LogP contribution in [0, 0.1) is 10.6 Å². The fourth-order valence-corrected chi connectivity index (χ4v) is 1.42. The first-order valence-corrected chi connectivity index (χ1v) is 3.97. The van der Waals surface area contributed by atoms with E-state index in [2.05, 4.69) is 27.7 Å². The Labute approximate surface area is 73.5 Å². The Hall–Kier alpha value is -0.260. The minimum absolute atomic E-state index is 0.837. The Morgan fingerprint density at radius 3 is 2.40 bits per heavy atom. The standard InChI is InChI=1S/C6H9IN2O/c1-4-5(7)8-9(2)6(4)10-3/h1-3H3. The van der Waals surface area contributed by atoms with Crippen LogP contribution in [0.2, 0.25) is 0 Å². The molecule has 0 aromatic carbocycles. The van der Waals surface area contributed by atoms with E-state index in [0.717, 1.165) is 15.1 Å². The Balaban J connectivity index is 3.20. The SMILES string of the molecule is COc1c(C)c(I)nn1C. The summed E-state index contributed by atoms with van der Waals surface area (Å²) in [4.78, 5) is 0. The number of hydrogen-bond acceptors (Lipinski definition) is 2. The zero-order valence-electron chi connectivity index (χ0n) is 6.18. The molecular formula is C6H9IN2O. The lowest BCUT2D eigenvalue weighted by molar-refractivity contribution is 0.371. The number of rotatable bonds is 1. The molecule has 1 heterocycles. The van der Waals surface area contributed by atoms with Crippen molar-refractivity contribution in [3.8, 4) is 5.88 Å².